The van der Waals surface area contributed by atoms with E-state index in [2.05, 4.69) is 10.3 Å². The van der Waals surface area contributed by atoms with Crippen LogP contribution in [0.15, 0.2) is 0 Å². The van der Waals surface area contributed by atoms with Crippen LogP contribution in [0.25, 0.3) is 0 Å². The Morgan fingerprint density at radius 3 is 3.00 bits per heavy atom. The Bertz CT molecular complexity index is 186. The summed E-state index contributed by atoms with van der Waals surface area (Å²) >= 11 is 0. The molecule has 0 aromatic carbocycles. The predicted molar refractivity (Wildman–Crippen MR) is 28.6 cm³/mol. The van der Waals surface area contributed by atoms with Gasteiger partial charge in [-0.05, 0) is 4.91 Å². The first-order chi connectivity index (χ1) is 4.20. The Hall–Kier alpha value is -1.26. The van der Waals surface area contributed by atoms with Crippen LogP contribution in [0.5, 0.6) is 0 Å². The van der Waals surface area contributed by atoms with Crippen LogP contribution >= 0.6 is 0 Å². The van der Waals surface area contributed by atoms with Gasteiger partial charge in [0, 0.05) is 6.92 Å². The van der Waals surface area contributed by atoms with Gasteiger partial charge in [-0.2, -0.15) is 10.1 Å². The average Bonchev–Trinajstić information content (AvgIpc) is 1.80. The van der Waals surface area contributed by atoms with Crippen molar-refractivity contribution in [3.05, 3.63) is 4.91 Å². The van der Waals surface area contributed by atoms with E-state index in [1.807, 2.05) is 0 Å². The number of nitroso groups, excluding NO2 is 1. The normalized spacial score (nSPS) is 26.1. The minimum absolute atomic E-state index is 0.150. The molecule has 0 aromatic heterocycles. The molecule has 1 aliphatic rings. The van der Waals surface area contributed by atoms with Crippen LogP contribution in [0, 0.1) is 4.91 Å². The topological polar surface area (TPSA) is 63.1 Å². The van der Waals surface area contributed by atoms with E-state index in [0.717, 1.165) is 6.34 Å². The number of nitrogens with zero attached hydrogens (tertiary/aromatic N) is 1. The lowest BCUT2D eigenvalue weighted by Crippen LogP contribution is -2.85. The molecule has 0 bridgehead atoms. The van der Waals surface area contributed by atoms with E-state index in [-0.39, 0.29) is 10.9 Å². The van der Waals surface area contributed by atoms with Gasteiger partial charge in [0.25, 0.3) is 6.17 Å². The van der Waals surface area contributed by atoms with E-state index >= 15 is 0 Å². The van der Waals surface area contributed by atoms with Gasteiger partial charge in [0.2, 0.25) is 0 Å². The van der Waals surface area contributed by atoms with Gasteiger partial charge < -0.3 is 0 Å². The van der Waals surface area contributed by atoms with Crippen molar-refractivity contribution in [1.29, 1.82) is 0 Å². The molecule has 1 atom stereocenters. The van der Waals surface area contributed by atoms with Crippen molar-refractivity contribution in [2.75, 3.05) is 0 Å². The molecule has 1 heterocycles. The van der Waals surface area contributed by atoms with Gasteiger partial charge in [-0.1, -0.05) is 0 Å². The smallest absolute Gasteiger partial charge is 0.200 e. The molecule has 0 radical (unpaired) electrons. The fourth-order valence-corrected chi connectivity index (χ4v) is 0.529. The summed E-state index contributed by atoms with van der Waals surface area (Å²) in [4.78, 5) is 23.4. The molecule has 1 rings (SSSR count). The lowest BCUT2D eigenvalue weighted by atomic mass is 10.5. The number of hydrogen-bond acceptors (Lipinski definition) is 2. The molecule has 0 spiro atoms. The van der Waals surface area contributed by atoms with Crippen molar-refractivity contribution < 1.29 is 14.5 Å². The number of rotatable bonds is 0. The minimum atomic E-state index is -0.624. The van der Waals surface area contributed by atoms with Crippen LogP contribution in [-0.2, 0) is 0 Å². The van der Waals surface area contributed by atoms with Gasteiger partial charge in [0.05, 0.1) is 0 Å². The maximum Gasteiger partial charge on any atom is 0.604 e. The van der Waals surface area contributed by atoms with Crippen molar-refractivity contribution in [3.63, 3.8) is 0 Å². The number of amides is 2. The molecule has 0 fully saturated rings. The Labute approximate surface area is 51.3 Å². The van der Waals surface area contributed by atoms with Crippen LogP contribution in [-0.4, -0.2) is 23.3 Å². The molecule has 1 unspecified atom stereocenters. The molecule has 5 heteroatoms. The van der Waals surface area contributed by atoms with Gasteiger partial charge in [-0.3, -0.25) is 0 Å². The summed E-state index contributed by atoms with van der Waals surface area (Å²) in [6.07, 6.45) is 0.937. The number of nitrogens with one attached hydrogen (secondary N) is 2. The fraction of sp³-hybridized carbons (Fsp3) is 0.500. The zero-order chi connectivity index (χ0) is 6.85. The van der Waals surface area contributed by atoms with E-state index in [0.29, 0.717) is 0 Å². The Morgan fingerprint density at radius 2 is 2.56 bits per heavy atom. The van der Waals surface area contributed by atoms with Crippen LogP contribution in [0.3, 0.4) is 0 Å². The minimum Gasteiger partial charge on any atom is -0.200 e. The van der Waals surface area contributed by atoms with Gasteiger partial charge in [0.1, 0.15) is 4.76 Å². The summed E-state index contributed by atoms with van der Waals surface area (Å²) in [6.45, 7) is 1.74. The fourth-order valence-electron chi connectivity index (χ4n) is 0.529. The third kappa shape index (κ3) is 1.10. The average molecular weight is 129 g/mol. The third-order valence-corrected chi connectivity index (χ3v) is 0.982. The molecule has 0 aliphatic carbocycles. The summed E-state index contributed by atoms with van der Waals surface area (Å²) in [5.74, 6) is 0. The van der Waals surface area contributed by atoms with E-state index < -0.39 is 6.03 Å². The van der Waals surface area contributed by atoms with Gasteiger partial charge in [-0.25, -0.2) is 4.99 Å². The lowest BCUT2D eigenvalue weighted by Gasteiger charge is -1.96. The van der Waals surface area contributed by atoms with Crippen LogP contribution in [0.1, 0.15) is 6.92 Å². The van der Waals surface area contributed by atoms with Gasteiger partial charge >= 0.3 is 12.4 Å². The second-order valence-corrected chi connectivity index (χ2v) is 1.79. The standard InChI is InChI=1S/C4H5N3O2/c1-3-5-2-7(9)4(8)6-3/h2-3H,1H3/p+2. The first-order valence-corrected chi connectivity index (χ1v) is 2.56. The van der Waals surface area contributed by atoms with Gasteiger partial charge in [-0.15, -0.1) is 0 Å². The maximum atomic E-state index is 10.4. The molecule has 0 saturated carbocycles. The monoisotopic (exact) mass is 129 g/mol. The first-order valence-electron chi connectivity index (χ1n) is 2.56. The second kappa shape index (κ2) is 1.93. The van der Waals surface area contributed by atoms with Gasteiger partial charge in [0.15, 0.2) is 0 Å². The maximum absolute atomic E-state index is 10.4. The van der Waals surface area contributed by atoms with Crippen molar-refractivity contribution in [2.24, 2.45) is 0 Å². The Morgan fingerprint density at radius 1 is 1.89 bits per heavy atom. The Kier molecular flexibility index (Phi) is 1.26. The van der Waals surface area contributed by atoms with Crippen molar-refractivity contribution in [1.82, 2.24) is 5.32 Å². The summed E-state index contributed by atoms with van der Waals surface area (Å²) < 4.78 is 0.208. The molecule has 2 amide bonds. The molecule has 2 N–H and O–H groups in total. The van der Waals surface area contributed by atoms with Crippen LogP contribution in [0.2, 0.25) is 0 Å². The second-order valence-electron chi connectivity index (χ2n) is 1.79. The zero-order valence-corrected chi connectivity index (χ0v) is 4.92. The molecular weight excluding hydrogens is 122 g/mol. The number of urea groups is 1. The predicted octanol–water partition coefficient (Wildman–Crippen LogP) is -2.06. The number of carbonyl (C=O) groups excluding carboxylic acids is 1. The number of carbonyl (C=O) groups is 1. The Balaban J connectivity index is 2.77. The van der Waals surface area contributed by atoms with Crippen molar-refractivity contribution in [2.45, 2.75) is 13.1 Å². The summed E-state index contributed by atoms with van der Waals surface area (Å²) in [6, 6.07) is -0.624. The summed E-state index contributed by atoms with van der Waals surface area (Å²) in [5, 5.41) is 2.36. The molecule has 48 valence electrons. The van der Waals surface area contributed by atoms with Crippen molar-refractivity contribution in [3.8, 4) is 0 Å². The van der Waals surface area contributed by atoms with E-state index in [4.69, 9.17) is 0 Å². The molecule has 5 nitrogen and oxygen atoms in total. The summed E-state index contributed by atoms with van der Waals surface area (Å²) in [7, 11) is 0. The largest absolute Gasteiger partial charge is 0.604 e. The highest BCUT2D eigenvalue weighted by atomic mass is 16.3. The molecular formula is C4H7N3O2+2. The summed E-state index contributed by atoms with van der Waals surface area (Å²) in [5.41, 5.74) is 0. The SMILES string of the molecule is CC1NC(=O)[N+](=O)C=[NH+]1. The van der Waals surface area contributed by atoms with Crippen LogP contribution in [0.4, 0.5) is 4.79 Å². The highest BCUT2D eigenvalue weighted by Crippen LogP contribution is 1.74. The van der Waals surface area contributed by atoms with E-state index in [1.165, 1.54) is 0 Å². The highest BCUT2D eigenvalue weighted by molar-refractivity contribution is 5.71. The third-order valence-electron chi connectivity index (χ3n) is 0.982. The van der Waals surface area contributed by atoms with E-state index in [9.17, 15) is 9.70 Å². The first kappa shape index (κ1) is 5.87. The van der Waals surface area contributed by atoms with E-state index in [1.54, 1.807) is 6.92 Å². The molecule has 0 aromatic rings. The lowest BCUT2D eigenvalue weighted by molar-refractivity contribution is -0.560. The number of hydrogen-bond donors (Lipinski definition) is 2. The highest BCUT2D eigenvalue weighted by Gasteiger charge is 2.31. The zero-order valence-electron chi connectivity index (χ0n) is 4.92. The van der Waals surface area contributed by atoms with Crippen LogP contribution < -0.4 is 10.3 Å². The molecule has 0 saturated heterocycles. The quantitative estimate of drug-likeness (QED) is 0.369. The van der Waals surface area contributed by atoms with Crippen molar-refractivity contribution >= 4 is 12.4 Å². The molecule has 1 aliphatic heterocycles. The molecule has 9 heavy (non-hydrogen) atoms.